The van der Waals surface area contributed by atoms with Crippen molar-refractivity contribution in [3.05, 3.63) is 59.9 Å². The van der Waals surface area contributed by atoms with Crippen LogP contribution in [0.3, 0.4) is 0 Å². The van der Waals surface area contributed by atoms with E-state index in [0.717, 1.165) is 10.6 Å². The summed E-state index contributed by atoms with van der Waals surface area (Å²) >= 11 is 4.01. The van der Waals surface area contributed by atoms with Gasteiger partial charge in [0.25, 0.3) is 0 Å². The average molecular weight is 247 g/mol. The fourth-order valence-corrected chi connectivity index (χ4v) is 1.20. The number of hydrogen-bond acceptors (Lipinski definition) is 3. The fraction of sp³-hybridized carbons (Fsp3) is 0.0769. The van der Waals surface area contributed by atoms with Gasteiger partial charge in [0.2, 0.25) is 0 Å². The summed E-state index contributed by atoms with van der Waals surface area (Å²) in [4.78, 5) is 15.0. The zero-order valence-corrected chi connectivity index (χ0v) is 10.3. The molecule has 4 heteroatoms. The normalized spacial score (nSPS) is 9.06. The Morgan fingerprint density at radius 1 is 1.18 bits per heavy atom. The summed E-state index contributed by atoms with van der Waals surface area (Å²) in [5.74, 6) is -0.909. The Kier molecular flexibility index (Phi) is 5.23. The lowest BCUT2D eigenvalue weighted by Gasteiger charge is -1.92. The molecule has 0 aliphatic carbocycles. The van der Waals surface area contributed by atoms with Crippen LogP contribution in [-0.2, 0) is 0 Å². The average Bonchev–Trinajstić information content (AvgIpc) is 2.31. The molecule has 3 nitrogen and oxygen atoms in total. The van der Waals surface area contributed by atoms with Crippen LogP contribution in [0.2, 0.25) is 0 Å². The Hall–Kier alpha value is -1.81. The second kappa shape index (κ2) is 6.70. The van der Waals surface area contributed by atoms with Crippen molar-refractivity contribution < 1.29 is 9.90 Å². The highest BCUT2D eigenvalue weighted by molar-refractivity contribution is 7.80. The van der Waals surface area contributed by atoms with E-state index < -0.39 is 5.97 Å². The minimum absolute atomic E-state index is 0.290. The molecule has 0 amide bonds. The van der Waals surface area contributed by atoms with Gasteiger partial charge in [-0.15, -0.1) is 12.6 Å². The van der Waals surface area contributed by atoms with E-state index in [2.05, 4.69) is 17.6 Å². The molecule has 0 unspecified atom stereocenters. The van der Waals surface area contributed by atoms with Gasteiger partial charge in [-0.1, -0.05) is 6.07 Å². The van der Waals surface area contributed by atoms with Crippen LogP contribution in [0.15, 0.2) is 53.6 Å². The molecule has 0 spiro atoms. The highest BCUT2D eigenvalue weighted by Gasteiger charge is 1.98. The lowest BCUT2D eigenvalue weighted by molar-refractivity contribution is 0.0697. The second-order valence-corrected chi connectivity index (χ2v) is 3.84. The van der Waals surface area contributed by atoms with Crippen molar-refractivity contribution in [2.45, 2.75) is 11.8 Å². The predicted octanol–water partition coefficient (Wildman–Crippen LogP) is 3.06. The van der Waals surface area contributed by atoms with Crippen molar-refractivity contribution in [1.29, 1.82) is 0 Å². The van der Waals surface area contributed by atoms with Gasteiger partial charge in [0.05, 0.1) is 5.56 Å². The largest absolute Gasteiger partial charge is 0.478 e. The highest BCUT2D eigenvalue weighted by atomic mass is 32.1. The maximum Gasteiger partial charge on any atom is 0.335 e. The van der Waals surface area contributed by atoms with Gasteiger partial charge in [-0.05, 0) is 43.3 Å². The third-order valence-corrected chi connectivity index (χ3v) is 2.23. The molecule has 0 saturated heterocycles. The number of carboxylic acid groups (broad SMARTS) is 1. The number of thiol groups is 1. The van der Waals surface area contributed by atoms with Crippen LogP contribution in [0.1, 0.15) is 16.1 Å². The summed E-state index contributed by atoms with van der Waals surface area (Å²) in [5.41, 5.74) is 1.36. The fourth-order valence-electron chi connectivity index (χ4n) is 1.05. The maximum atomic E-state index is 10.3. The first kappa shape index (κ1) is 13.3. The summed E-state index contributed by atoms with van der Waals surface area (Å²) in [6, 6.07) is 12.2. The van der Waals surface area contributed by atoms with E-state index in [4.69, 9.17) is 5.11 Å². The van der Waals surface area contributed by atoms with Gasteiger partial charge in [-0.25, -0.2) is 4.79 Å². The third-order valence-electron chi connectivity index (χ3n) is 1.93. The first-order valence-corrected chi connectivity index (χ1v) is 5.44. The number of benzene rings is 1. The molecule has 17 heavy (non-hydrogen) atoms. The first-order valence-electron chi connectivity index (χ1n) is 4.99. The molecular weight excluding hydrogens is 234 g/mol. The number of carbonyl (C=O) groups is 1. The molecule has 1 N–H and O–H groups in total. The number of hydrogen-bond donors (Lipinski definition) is 2. The van der Waals surface area contributed by atoms with E-state index in [1.165, 1.54) is 12.1 Å². The molecule has 0 aliphatic rings. The number of nitrogens with zero attached hydrogens (tertiary/aromatic N) is 1. The molecule has 1 heterocycles. The van der Waals surface area contributed by atoms with Crippen LogP contribution < -0.4 is 0 Å². The molecular formula is C13H13NO2S. The summed E-state index contributed by atoms with van der Waals surface area (Å²) in [7, 11) is 0. The van der Waals surface area contributed by atoms with Crippen LogP contribution >= 0.6 is 12.6 Å². The van der Waals surface area contributed by atoms with Crippen LogP contribution in [0.5, 0.6) is 0 Å². The standard InChI is InChI=1S/C7H6O2S.C6H7N/c8-7(9)5-1-3-6(10)4-2-5;1-6-4-2-3-5-7-6/h1-4,10H,(H,8,9);2-5H,1H3. The van der Waals surface area contributed by atoms with E-state index in [-0.39, 0.29) is 5.56 Å². The molecule has 0 fully saturated rings. The SMILES string of the molecule is Cc1ccccn1.O=C(O)c1ccc(S)cc1. The van der Waals surface area contributed by atoms with Gasteiger partial charge in [-0.2, -0.15) is 0 Å². The Morgan fingerprint density at radius 3 is 2.18 bits per heavy atom. The molecule has 0 aliphatic heterocycles. The van der Waals surface area contributed by atoms with E-state index >= 15 is 0 Å². The number of pyridine rings is 1. The predicted molar refractivity (Wildman–Crippen MR) is 69.6 cm³/mol. The monoisotopic (exact) mass is 247 g/mol. The quantitative estimate of drug-likeness (QED) is 0.761. The van der Waals surface area contributed by atoms with Gasteiger partial charge in [0.1, 0.15) is 0 Å². The number of carboxylic acids is 1. The number of aryl methyl sites for hydroxylation is 1. The number of rotatable bonds is 1. The molecule has 1 aromatic heterocycles. The van der Waals surface area contributed by atoms with Crippen LogP contribution in [-0.4, -0.2) is 16.1 Å². The topological polar surface area (TPSA) is 50.2 Å². The van der Waals surface area contributed by atoms with Crippen LogP contribution in [0.4, 0.5) is 0 Å². The first-order chi connectivity index (χ1) is 8.09. The van der Waals surface area contributed by atoms with Crippen LogP contribution in [0, 0.1) is 6.92 Å². The van der Waals surface area contributed by atoms with Gasteiger partial charge in [0.15, 0.2) is 0 Å². The minimum Gasteiger partial charge on any atom is -0.478 e. The Morgan fingerprint density at radius 2 is 1.82 bits per heavy atom. The van der Waals surface area contributed by atoms with Crippen molar-refractivity contribution in [3.8, 4) is 0 Å². The molecule has 0 saturated carbocycles. The van der Waals surface area contributed by atoms with Gasteiger partial charge in [-0.3, -0.25) is 4.98 Å². The highest BCUT2D eigenvalue weighted by Crippen LogP contribution is 2.06. The van der Waals surface area contributed by atoms with Crippen LogP contribution in [0.25, 0.3) is 0 Å². The van der Waals surface area contributed by atoms with E-state index in [1.807, 2.05) is 25.1 Å². The summed E-state index contributed by atoms with van der Waals surface area (Å²) < 4.78 is 0. The molecule has 0 bridgehead atoms. The summed E-state index contributed by atoms with van der Waals surface area (Å²) in [5, 5.41) is 8.45. The van der Waals surface area contributed by atoms with E-state index in [1.54, 1.807) is 18.3 Å². The van der Waals surface area contributed by atoms with E-state index in [0.29, 0.717) is 0 Å². The summed E-state index contributed by atoms with van der Waals surface area (Å²) in [6.07, 6.45) is 1.79. The lowest BCUT2D eigenvalue weighted by Crippen LogP contribution is -1.94. The Labute approximate surface area is 106 Å². The van der Waals surface area contributed by atoms with Crippen molar-refractivity contribution in [3.63, 3.8) is 0 Å². The van der Waals surface area contributed by atoms with Crippen molar-refractivity contribution in [2.75, 3.05) is 0 Å². The lowest BCUT2D eigenvalue weighted by atomic mass is 10.2. The van der Waals surface area contributed by atoms with Gasteiger partial charge < -0.3 is 5.11 Å². The Balaban J connectivity index is 0.000000181. The zero-order chi connectivity index (χ0) is 12.7. The molecule has 0 atom stereocenters. The minimum atomic E-state index is -0.909. The molecule has 0 radical (unpaired) electrons. The zero-order valence-electron chi connectivity index (χ0n) is 9.37. The smallest absolute Gasteiger partial charge is 0.335 e. The maximum absolute atomic E-state index is 10.3. The second-order valence-electron chi connectivity index (χ2n) is 3.32. The van der Waals surface area contributed by atoms with Crippen molar-refractivity contribution >= 4 is 18.6 Å². The Bertz CT molecular complexity index is 469. The summed E-state index contributed by atoms with van der Waals surface area (Å²) in [6.45, 7) is 1.97. The number of aromatic carboxylic acids is 1. The van der Waals surface area contributed by atoms with Gasteiger partial charge >= 0.3 is 5.97 Å². The van der Waals surface area contributed by atoms with E-state index in [9.17, 15) is 4.79 Å². The van der Waals surface area contributed by atoms with Gasteiger partial charge in [0, 0.05) is 16.8 Å². The molecule has 1 aromatic carbocycles. The molecule has 88 valence electrons. The van der Waals surface area contributed by atoms with Crippen molar-refractivity contribution in [2.24, 2.45) is 0 Å². The molecule has 2 aromatic rings. The van der Waals surface area contributed by atoms with Crippen molar-refractivity contribution in [1.82, 2.24) is 4.98 Å². The number of aromatic nitrogens is 1. The third kappa shape index (κ3) is 5.17. The molecule has 2 rings (SSSR count).